The maximum atomic E-state index is 14.6. The molecule has 1 spiro atoms. The molecule has 0 saturated carbocycles. The number of hydrogen-bond acceptors (Lipinski definition) is 5. The molecule has 0 bridgehead atoms. The highest BCUT2D eigenvalue weighted by atomic mass is 19.1. The standard InChI is InChI=1S/C28H20F2N2O5/c1-36-13-12-32-26(34)25-23(24(33)18-14-17(29)10-11-22(18)37-25)28(32)19-7-3-5-9-21(19)31(27(28)35)15-16-6-2-4-8-20(16)30/h2-11,14H,12-13,15H2,1H3. The molecule has 6 rings (SSSR count). The summed E-state index contributed by atoms with van der Waals surface area (Å²) in [5.41, 5.74) is -1.64. The lowest BCUT2D eigenvalue weighted by Crippen LogP contribution is -2.54. The van der Waals surface area contributed by atoms with Crippen LogP contribution in [0.5, 0.6) is 0 Å². The maximum absolute atomic E-state index is 14.6. The Balaban J connectivity index is 1.66. The Bertz CT molecular complexity index is 1670. The Labute approximate surface area is 209 Å². The number of anilines is 1. The first-order chi connectivity index (χ1) is 17.9. The van der Waals surface area contributed by atoms with Gasteiger partial charge in [-0.3, -0.25) is 14.4 Å². The monoisotopic (exact) mass is 502 g/mol. The second kappa shape index (κ2) is 8.35. The number of rotatable bonds is 5. The van der Waals surface area contributed by atoms with Crippen LogP contribution >= 0.6 is 0 Å². The fraction of sp³-hybridized carbons (Fsp3) is 0.179. The molecule has 0 aliphatic carbocycles. The minimum Gasteiger partial charge on any atom is -0.450 e. The molecule has 0 saturated heterocycles. The van der Waals surface area contributed by atoms with Gasteiger partial charge in [0.2, 0.25) is 5.76 Å². The van der Waals surface area contributed by atoms with Crippen molar-refractivity contribution >= 4 is 28.5 Å². The molecule has 2 aliphatic heterocycles. The minimum absolute atomic E-state index is 0.0305. The van der Waals surface area contributed by atoms with Crippen molar-refractivity contribution in [1.82, 2.24) is 4.90 Å². The zero-order valence-electron chi connectivity index (χ0n) is 19.7. The summed E-state index contributed by atoms with van der Waals surface area (Å²) in [5, 5.41) is -0.0858. The quantitative estimate of drug-likeness (QED) is 0.413. The van der Waals surface area contributed by atoms with Gasteiger partial charge in [-0.15, -0.1) is 0 Å². The number of carbonyl (C=O) groups excluding carboxylic acids is 2. The second-order valence-electron chi connectivity index (χ2n) is 8.94. The van der Waals surface area contributed by atoms with Crippen LogP contribution < -0.4 is 10.3 Å². The summed E-state index contributed by atoms with van der Waals surface area (Å²) in [5.74, 6) is -2.70. The van der Waals surface area contributed by atoms with E-state index in [4.69, 9.17) is 9.15 Å². The summed E-state index contributed by atoms with van der Waals surface area (Å²) in [4.78, 5) is 44.7. The Hall–Kier alpha value is -4.37. The van der Waals surface area contributed by atoms with Crippen LogP contribution in [0.3, 0.4) is 0 Å². The van der Waals surface area contributed by atoms with Crippen LogP contribution in [0.2, 0.25) is 0 Å². The Kier molecular flexibility index (Phi) is 5.20. The van der Waals surface area contributed by atoms with Crippen LogP contribution in [0.25, 0.3) is 11.0 Å². The SMILES string of the molecule is COCCN1C(=O)c2oc3ccc(F)cc3c(=O)c2C12C(=O)N(Cc1ccccc1F)c1ccccc12. The van der Waals surface area contributed by atoms with Crippen LogP contribution in [-0.2, 0) is 21.6 Å². The molecule has 0 fully saturated rings. The number of carbonyl (C=O) groups is 2. The minimum atomic E-state index is -1.88. The molecule has 3 aromatic carbocycles. The molecule has 37 heavy (non-hydrogen) atoms. The van der Waals surface area contributed by atoms with Crippen LogP contribution in [-0.4, -0.2) is 37.0 Å². The Morgan fingerprint density at radius 1 is 0.973 bits per heavy atom. The number of amides is 2. The van der Waals surface area contributed by atoms with E-state index in [1.54, 1.807) is 42.5 Å². The normalized spacial score (nSPS) is 18.2. The van der Waals surface area contributed by atoms with E-state index in [1.165, 1.54) is 29.0 Å². The number of para-hydroxylation sites is 1. The predicted octanol–water partition coefficient (Wildman–Crippen LogP) is 3.96. The Morgan fingerprint density at radius 3 is 2.51 bits per heavy atom. The molecule has 1 aromatic heterocycles. The van der Waals surface area contributed by atoms with Crippen molar-refractivity contribution in [2.75, 3.05) is 25.2 Å². The van der Waals surface area contributed by atoms with Crippen molar-refractivity contribution in [3.05, 3.63) is 111 Å². The van der Waals surface area contributed by atoms with Crippen molar-refractivity contribution in [1.29, 1.82) is 0 Å². The first kappa shape index (κ1) is 23.1. The molecule has 1 atom stereocenters. The van der Waals surface area contributed by atoms with Gasteiger partial charge in [0.1, 0.15) is 17.2 Å². The van der Waals surface area contributed by atoms with Crippen LogP contribution in [0.1, 0.15) is 27.2 Å². The summed E-state index contributed by atoms with van der Waals surface area (Å²) < 4.78 is 39.8. The maximum Gasteiger partial charge on any atom is 0.291 e. The van der Waals surface area contributed by atoms with Gasteiger partial charge in [0, 0.05) is 24.8 Å². The highest BCUT2D eigenvalue weighted by molar-refractivity contribution is 6.17. The number of hydrogen-bond donors (Lipinski definition) is 0. The molecule has 1 unspecified atom stereocenters. The topological polar surface area (TPSA) is 80.1 Å². The first-order valence-corrected chi connectivity index (χ1v) is 11.6. The third kappa shape index (κ3) is 3.10. The van der Waals surface area contributed by atoms with E-state index in [0.29, 0.717) is 11.3 Å². The van der Waals surface area contributed by atoms with E-state index in [-0.39, 0.29) is 47.6 Å². The van der Waals surface area contributed by atoms with Crippen LogP contribution in [0.4, 0.5) is 14.5 Å². The molecule has 0 radical (unpaired) electrons. The van der Waals surface area contributed by atoms with Gasteiger partial charge in [0.05, 0.1) is 29.8 Å². The van der Waals surface area contributed by atoms with E-state index in [9.17, 15) is 23.2 Å². The molecule has 2 amide bonds. The van der Waals surface area contributed by atoms with Crippen LogP contribution in [0.15, 0.2) is 75.9 Å². The molecule has 186 valence electrons. The number of methoxy groups -OCH3 is 1. The van der Waals surface area contributed by atoms with Gasteiger partial charge in [-0.2, -0.15) is 0 Å². The lowest BCUT2D eigenvalue weighted by atomic mass is 9.84. The van der Waals surface area contributed by atoms with Gasteiger partial charge in [-0.05, 0) is 30.3 Å². The van der Waals surface area contributed by atoms with Crippen molar-refractivity contribution in [3.63, 3.8) is 0 Å². The number of halogens is 2. The molecule has 4 aromatic rings. The number of benzene rings is 3. The van der Waals surface area contributed by atoms with Crippen molar-refractivity contribution < 1.29 is 27.5 Å². The third-order valence-electron chi connectivity index (χ3n) is 7.00. The fourth-order valence-corrected chi connectivity index (χ4v) is 5.40. The fourth-order valence-electron chi connectivity index (χ4n) is 5.40. The average molecular weight is 502 g/mol. The van der Waals surface area contributed by atoms with Gasteiger partial charge >= 0.3 is 0 Å². The smallest absolute Gasteiger partial charge is 0.291 e. The van der Waals surface area contributed by atoms with Crippen molar-refractivity contribution in [2.45, 2.75) is 12.1 Å². The zero-order chi connectivity index (χ0) is 25.9. The predicted molar refractivity (Wildman–Crippen MR) is 130 cm³/mol. The van der Waals surface area contributed by atoms with Crippen molar-refractivity contribution in [2.24, 2.45) is 0 Å². The summed E-state index contributed by atoms with van der Waals surface area (Å²) in [6.45, 7) is -0.0800. The first-order valence-electron chi connectivity index (χ1n) is 11.6. The largest absolute Gasteiger partial charge is 0.450 e. The Morgan fingerprint density at radius 2 is 1.73 bits per heavy atom. The summed E-state index contributed by atoms with van der Waals surface area (Å²) in [6, 6.07) is 16.3. The molecule has 7 nitrogen and oxygen atoms in total. The van der Waals surface area contributed by atoms with Gasteiger partial charge in [0.25, 0.3) is 11.8 Å². The molecule has 9 heteroatoms. The summed E-state index contributed by atoms with van der Waals surface area (Å²) >= 11 is 0. The highest BCUT2D eigenvalue weighted by Gasteiger charge is 2.64. The molecular weight excluding hydrogens is 482 g/mol. The number of fused-ring (bicyclic) bond motifs is 5. The lowest BCUT2D eigenvalue weighted by molar-refractivity contribution is -0.126. The van der Waals surface area contributed by atoms with E-state index < -0.39 is 34.4 Å². The number of ether oxygens (including phenoxy) is 1. The zero-order valence-corrected chi connectivity index (χ0v) is 19.7. The van der Waals surface area contributed by atoms with E-state index in [1.807, 2.05) is 0 Å². The molecule has 2 aliphatic rings. The van der Waals surface area contributed by atoms with Gasteiger partial charge in [0.15, 0.2) is 11.0 Å². The third-order valence-corrected chi connectivity index (χ3v) is 7.00. The molecule has 3 heterocycles. The molecule has 0 N–H and O–H groups in total. The lowest BCUT2D eigenvalue weighted by Gasteiger charge is -2.34. The number of nitrogens with zero attached hydrogens (tertiary/aromatic N) is 2. The average Bonchev–Trinajstić information content (AvgIpc) is 3.29. The second-order valence-corrected chi connectivity index (χ2v) is 8.94. The van der Waals surface area contributed by atoms with Gasteiger partial charge in [-0.25, -0.2) is 8.78 Å². The van der Waals surface area contributed by atoms with Crippen molar-refractivity contribution in [3.8, 4) is 0 Å². The van der Waals surface area contributed by atoms with Gasteiger partial charge < -0.3 is 19.0 Å². The summed E-state index contributed by atoms with van der Waals surface area (Å²) in [7, 11) is 1.45. The summed E-state index contributed by atoms with van der Waals surface area (Å²) in [6.07, 6.45) is 0. The van der Waals surface area contributed by atoms with Crippen LogP contribution in [0, 0.1) is 11.6 Å². The van der Waals surface area contributed by atoms with E-state index >= 15 is 0 Å². The highest BCUT2D eigenvalue weighted by Crippen LogP contribution is 2.52. The molecular formula is C28H20F2N2O5. The van der Waals surface area contributed by atoms with E-state index in [0.717, 1.165) is 12.1 Å². The van der Waals surface area contributed by atoms with E-state index in [2.05, 4.69) is 0 Å². The van der Waals surface area contributed by atoms with Gasteiger partial charge in [-0.1, -0.05) is 36.4 Å².